The third-order valence-electron chi connectivity index (χ3n) is 6.87. The second-order valence-corrected chi connectivity index (χ2v) is 9.62. The Balaban J connectivity index is 1.52. The monoisotopic (exact) mass is 524 g/mol. The van der Waals surface area contributed by atoms with Crippen LogP contribution in [0.25, 0.3) is 0 Å². The molecule has 0 aliphatic heterocycles. The maximum Gasteiger partial charge on any atom is 0.248 e. The molecule has 6 heteroatoms. The van der Waals surface area contributed by atoms with Crippen molar-refractivity contribution >= 4 is 5.91 Å². The zero-order valence-corrected chi connectivity index (χ0v) is 22.1. The number of rotatable bonds is 14. The summed E-state index contributed by atoms with van der Waals surface area (Å²) in [4.78, 5) is 13.9. The molecule has 202 valence electrons. The number of benzene rings is 4. The quantitative estimate of drug-likeness (QED) is 0.205. The molecule has 4 aromatic rings. The van der Waals surface area contributed by atoms with Gasteiger partial charge in [-0.15, -0.1) is 0 Å². The Morgan fingerprint density at radius 3 is 2.08 bits per heavy atom. The molecule has 1 amide bonds. The SMILES string of the molecule is NC(=O)c1cccc(OCCCN(Cc2ccc(CO)c(CO)c2)CC(c2ccccc2)c2ccccc2)c1. The van der Waals surface area contributed by atoms with Crippen molar-refractivity contribution in [3.8, 4) is 5.75 Å². The lowest BCUT2D eigenvalue weighted by Crippen LogP contribution is -2.31. The van der Waals surface area contributed by atoms with Crippen molar-refractivity contribution in [1.82, 2.24) is 4.90 Å². The molecule has 0 aliphatic carbocycles. The van der Waals surface area contributed by atoms with E-state index in [4.69, 9.17) is 10.5 Å². The van der Waals surface area contributed by atoms with E-state index in [1.807, 2.05) is 36.4 Å². The van der Waals surface area contributed by atoms with Crippen LogP contribution in [0.15, 0.2) is 103 Å². The number of amides is 1. The average molecular weight is 525 g/mol. The second-order valence-electron chi connectivity index (χ2n) is 9.62. The van der Waals surface area contributed by atoms with E-state index < -0.39 is 5.91 Å². The molecule has 6 nitrogen and oxygen atoms in total. The van der Waals surface area contributed by atoms with E-state index in [2.05, 4.69) is 53.4 Å². The normalized spacial score (nSPS) is 11.2. The number of hydrogen-bond acceptors (Lipinski definition) is 5. The summed E-state index contributed by atoms with van der Waals surface area (Å²) in [6, 6.07) is 33.9. The number of nitrogens with zero attached hydrogens (tertiary/aromatic N) is 1. The molecule has 4 rings (SSSR count). The first-order chi connectivity index (χ1) is 19.1. The molecule has 0 atom stereocenters. The van der Waals surface area contributed by atoms with Crippen LogP contribution in [0.5, 0.6) is 5.75 Å². The van der Waals surface area contributed by atoms with Crippen LogP contribution < -0.4 is 10.5 Å². The molecule has 0 aliphatic rings. The topological polar surface area (TPSA) is 96.0 Å². The molecule has 0 aromatic heterocycles. The molecule has 0 radical (unpaired) electrons. The van der Waals surface area contributed by atoms with Gasteiger partial charge in [-0.05, 0) is 52.4 Å². The average Bonchev–Trinajstić information content (AvgIpc) is 2.98. The van der Waals surface area contributed by atoms with Crippen LogP contribution in [-0.4, -0.2) is 40.7 Å². The summed E-state index contributed by atoms with van der Waals surface area (Å²) in [6.07, 6.45) is 0.776. The fourth-order valence-electron chi connectivity index (χ4n) is 4.82. The number of ether oxygens (including phenoxy) is 1. The van der Waals surface area contributed by atoms with Gasteiger partial charge >= 0.3 is 0 Å². The number of primary amides is 1. The van der Waals surface area contributed by atoms with Gasteiger partial charge in [-0.3, -0.25) is 9.69 Å². The summed E-state index contributed by atoms with van der Waals surface area (Å²) in [5.41, 5.74) is 10.9. The first-order valence-electron chi connectivity index (χ1n) is 13.2. The van der Waals surface area contributed by atoms with Crippen molar-refractivity contribution in [2.45, 2.75) is 32.1 Å². The lowest BCUT2D eigenvalue weighted by Gasteiger charge is -2.29. The molecule has 0 saturated heterocycles. The summed E-state index contributed by atoms with van der Waals surface area (Å²) in [7, 11) is 0. The molecule has 0 heterocycles. The number of aliphatic hydroxyl groups is 2. The summed E-state index contributed by atoms with van der Waals surface area (Å²) >= 11 is 0. The highest BCUT2D eigenvalue weighted by molar-refractivity contribution is 5.93. The van der Waals surface area contributed by atoms with E-state index in [1.54, 1.807) is 18.2 Å². The number of carbonyl (C=O) groups excluding carboxylic acids is 1. The van der Waals surface area contributed by atoms with Crippen LogP contribution in [0, 0.1) is 0 Å². The van der Waals surface area contributed by atoms with Crippen LogP contribution in [-0.2, 0) is 19.8 Å². The first-order valence-corrected chi connectivity index (χ1v) is 13.2. The lowest BCUT2D eigenvalue weighted by atomic mass is 9.90. The molecular weight excluding hydrogens is 488 g/mol. The van der Waals surface area contributed by atoms with Gasteiger partial charge in [0.15, 0.2) is 0 Å². The predicted molar refractivity (Wildman–Crippen MR) is 153 cm³/mol. The van der Waals surface area contributed by atoms with E-state index in [0.29, 0.717) is 24.5 Å². The van der Waals surface area contributed by atoms with Crippen LogP contribution in [0.1, 0.15) is 50.5 Å². The lowest BCUT2D eigenvalue weighted by molar-refractivity contribution is 0.0999. The predicted octanol–water partition coefficient (Wildman–Crippen LogP) is 4.87. The van der Waals surface area contributed by atoms with Crippen molar-refractivity contribution in [3.63, 3.8) is 0 Å². The van der Waals surface area contributed by atoms with E-state index in [0.717, 1.165) is 36.2 Å². The molecule has 0 unspecified atom stereocenters. The van der Waals surface area contributed by atoms with Crippen LogP contribution in [0.3, 0.4) is 0 Å². The fraction of sp³-hybridized carbons (Fsp3) is 0.242. The van der Waals surface area contributed by atoms with Gasteiger partial charge in [0.05, 0.1) is 19.8 Å². The number of nitrogens with two attached hydrogens (primary N) is 1. The van der Waals surface area contributed by atoms with E-state index in [9.17, 15) is 15.0 Å². The van der Waals surface area contributed by atoms with Gasteiger partial charge in [0.25, 0.3) is 0 Å². The summed E-state index contributed by atoms with van der Waals surface area (Å²) in [5.74, 6) is 0.319. The number of aliphatic hydroxyl groups excluding tert-OH is 2. The van der Waals surface area contributed by atoms with Gasteiger partial charge in [0.1, 0.15) is 5.75 Å². The van der Waals surface area contributed by atoms with Crippen LogP contribution in [0.2, 0.25) is 0 Å². The summed E-state index contributed by atoms with van der Waals surface area (Å²) in [6.45, 7) is 2.54. The standard InChI is InChI=1S/C33H36N2O4/c34-33(38)28-13-7-14-31(20-28)39-18-8-17-35(21-25-15-16-29(23-36)30(19-25)24-37)22-32(26-9-3-1-4-10-26)27-11-5-2-6-12-27/h1-7,9-16,19-20,32,36-37H,8,17-18,21-24H2,(H2,34,38). The van der Waals surface area contributed by atoms with Crippen molar-refractivity contribution in [1.29, 1.82) is 0 Å². The second kappa shape index (κ2) is 14.3. The Morgan fingerprint density at radius 1 is 0.795 bits per heavy atom. The third-order valence-corrected chi connectivity index (χ3v) is 6.87. The number of carbonyl (C=O) groups is 1. The molecule has 0 spiro atoms. The van der Waals surface area contributed by atoms with Crippen molar-refractivity contribution in [2.75, 3.05) is 19.7 Å². The molecule has 39 heavy (non-hydrogen) atoms. The van der Waals surface area contributed by atoms with Crippen molar-refractivity contribution in [2.24, 2.45) is 5.73 Å². The van der Waals surface area contributed by atoms with Gasteiger partial charge in [-0.2, -0.15) is 0 Å². The maximum absolute atomic E-state index is 11.5. The zero-order valence-electron chi connectivity index (χ0n) is 22.1. The van der Waals surface area contributed by atoms with Gasteiger partial charge in [0, 0.05) is 31.1 Å². The smallest absolute Gasteiger partial charge is 0.248 e. The Hall–Kier alpha value is -3.97. The molecule has 0 saturated carbocycles. The highest BCUT2D eigenvalue weighted by Gasteiger charge is 2.19. The minimum absolute atomic E-state index is 0.0989. The Labute approximate surface area is 230 Å². The van der Waals surface area contributed by atoms with Gasteiger partial charge < -0.3 is 20.7 Å². The molecule has 0 fully saturated rings. The minimum Gasteiger partial charge on any atom is -0.494 e. The highest BCUT2D eigenvalue weighted by Crippen LogP contribution is 2.27. The van der Waals surface area contributed by atoms with Gasteiger partial charge in [-0.1, -0.05) is 84.9 Å². The first kappa shape index (κ1) is 28.0. The van der Waals surface area contributed by atoms with Crippen LogP contribution in [0.4, 0.5) is 0 Å². The van der Waals surface area contributed by atoms with Gasteiger partial charge in [-0.25, -0.2) is 0 Å². The zero-order chi connectivity index (χ0) is 27.5. The van der Waals surface area contributed by atoms with Gasteiger partial charge in [0.2, 0.25) is 5.91 Å². The molecule has 0 bridgehead atoms. The minimum atomic E-state index is -0.478. The van der Waals surface area contributed by atoms with E-state index in [1.165, 1.54) is 11.1 Å². The van der Waals surface area contributed by atoms with E-state index >= 15 is 0 Å². The Morgan fingerprint density at radius 2 is 1.46 bits per heavy atom. The molecule has 4 aromatic carbocycles. The van der Waals surface area contributed by atoms with Crippen LogP contribution >= 0.6 is 0 Å². The largest absolute Gasteiger partial charge is 0.494 e. The molecular formula is C33H36N2O4. The highest BCUT2D eigenvalue weighted by atomic mass is 16.5. The fourth-order valence-corrected chi connectivity index (χ4v) is 4.82. The number of hydrogen-bond donors (Lipinski definition) is 3. The van der Waals surface area contributed by atoms with Crippen molar-refractivity contribution < 1.29 is 19.7 Å². The Bertz CT molecular complexity index is 1290. The summed E-state index contributed by atoms with van der Waals surface area (Å²) in [5, 5.41) is 19.4. The summed E-state index contributed by atoms with van der Waals surface area (Å²) < 4.78 is 5.94. The third kappa shape index (κ3) is 8.01. The van der Waals surface area contributed by atoms with E-state index in [-0.39, 0.29) is 19.1 Å². The van der Waals surface area contributed by atoms with Crippen molar-refractivity contribution in [3.05, 3.63) is 137 Å². The molecule has 4 N–H and O–H groups in total. The maximum atomic E-state index is 11.5. The Kier molecular flexibility index (Phi) is 10.3.